The molecule has 3 N–H and O–H groups in total. The highest BCUT2D eigenvalue weighted by atomic mass is 16.2. The molecule has 0 radical (unpaired) electrons. The molecule has 2 rings (SSSR count). The summed E-state index contributed by atoms with van der Waals surface area (Å²) in [7, 11) is 0. The summed E-state index contributed by atoms with van der Waals surface area (Å²) in [5, 5.41) is 11.9. The molecule has 1 unspecified atom stereocenters. The fourth-order valence-corrected chi connectivity index (χ4v) is 2.16. The number of benzene rings is 1. The summed E-state index contributed by atoms with van der Waals surface area (Å²) in [5.74, 6) is 0.535. The van der Waals surface area contributed by atoms with E-state index in [0.29, 0.717) is 29.1 Å². The zero-order chi connectivity index (χ0) is 15.6. The first-order valence-electron chi connectivity index (χ1n) is 6.89. The summed E-state index contributed by atoms with van der Waals surface area (Å²) in [6, 6.07) is 6.72. The molecule has 1 heterocycles. The van der Waals surface area contributed by atoms with Crippen molar-refractivity contribution in [3.8, 4) is 6.07 Å². The third-order valence-electron chi connectivity index (χ3n) is 3.30. The van der Waals surface area contributed by atoms with E-state index >= 15 is 0 Å². The molecule has 0 aliphatic heterocycles. The van der Waals surface area contributed by atoms with Crippen LogP contribution in [0.3, 0.4) is 0 Å². The van der Waals surface area contributed by atoms with E-state index in [1.807, 2.05) is 13.8 Å². The molecular weight excluding hydrogens is 266 g/mol. The van der Waals surface area contributed by atoms with E-state index in [0.717, 1.165) is 0 Å². The summed E-state index contributed by atoms with van der Waals surface area (Å²) in [6.45, 7) is 6.45. The Labute approximate surface area is 123 Å². The summed E-state index contributed by atoms with van der Waals surface area (Å²) in [6.07, 6.45) is 0. The molecule has 0 fully saturated rings. The van der Waals surface area contributed by atoms with Gasteiger partial charge in [0.05, 0.1) is 22.7 Å². The zero-order valence-electron chi connectivity index (χ0n) is 12.4. The van der Waals surface area contributed by atoms with Crippen molar-refractivity contribution in [2.75, 3.05) is 12.3 Å². The fourth-order valence-electron chi connectivity index (χ4n) is 2.16. The monoisotopic (exact) mass is 285 g/mol. The van der Waals surface area contributed by atoms with E-state index < -0.39 is 6.04 Å². The second-order valence-corrected chi connectivity index (χ2v) is 5.47. The van der Waals surface area contributed by atoms with Crippen LogP contribution in [0.15, 0.2) is 18.2 Å². The maximum absolute atomic E-state index is 12.2. The number of carbonyl (C=O) groups excluding carboxylic acids is 1. The number of nitrogens with zero attached hydrogens (tertiary/aromatic N) is 3. The normalized spacial score (nSPS) is 12.3. The van der Waals surface area contributed by atoms with Gasteiger partial charge >= 0.3 is 0 Å². The number of hydrogen-bond donors (Lipinski definition) is 2. The van der Waals surface area contributed by atoms with Crippen LogP contribution in [0.2, 0.25) is 0 Å². The van der Waals surface area contributed by atoms with Gasteiger partial charge in [-0.1, -0.05) is 13.8 Å². The molecule has 0 aliphatic carbocycles. The molecule has 0 saturated carbocycles. The van der Waals surface area contributed by atoms with Crippen molar-refractivity contribution in [2.45, 2.75) is 26.8 Å². The number of imidazole rings is 1. The Hall–Kier alpha value is -2.55. The lowest BCUT2D eigenvalue weighted by molar-refractivity contribution is -0.123. The quantitative estimate of drug-likeness (QED) is 0.895. The minimum absolute atomic E-state index is 0.114. The minimum atomic E-state index is -0.484. The van der Waals surface area contributed by atoms with Gasteiger partial charge in [0.25, 0.3) is 0 Å². The molecule has 6 nitrogen and oxygen atoms in total. The first kappa shape index (κ1) is 14.9. The first-order chi connectivity index (χ1) is 9.93. The molecule has 0 spiro atoms. The van der Waals surface area contributed by atoms with Gasteiger partial charge in [0.15, 0.2) is 0 Å². The highest BCUT2D eigenvalue weighted by Gasteiger charge is 2.20. The van der Waals surface area contributed by atoms with Crippen LogP contribution in [0, 0.1) is 17.2 Å². The number of aromatic nitrogens is 2. The van der Waals surface area contributed by atoms with Crippen LogP contribution in [-0.4, -0.2) is 22.0 Å². The average molecular weight is 285 g/mol. The van der Waals surface area contributed by atoms with E-state index in [1.165, 1.54) is 0 Å². The van der Waals surface area contributed by atoms with Gasteiger partial charge in [0.2, 0.25) is 11.9 Å². The summed E-state index contributed by atoms with van der Waals surface area (Å²) in [5.41, 5.74) is 7.81. The van der Waals surface area contributed by atoms with E-state index in [2.05, 4.69) is 16.4 Å². The van der Waals surface area contributed by atoms with Gasteiger partial charge in [-0.05, 0) is 31.0 Å². The molecule has 0 saturated heterocycles. The molecule has 2 aromatic rings. The average Bonchev–Trinajstić information content (AvgIpc) is 2.78. The van der Waals surface area contributed by atoms with Crippen molar-refractivity contribution >= 4 is 22.9 Å². The van der Waals surface area contributed by atoms with Gasteiger partial charge in [-0.2, -0.15) is 5.26 Å². The van der Waals surface area contributed by atoms with Crippen LogP contribution < -0.4 is 11.1 Å². The van der Waals surface area contributed by atoms with Crippen molar-refractivity contribution in [3.63, 3.8) is 0 Å². The summed E-state index contributed by atoms with van der Waals surface area (Å²) in [4.78, 5) is 16.5. The zero-order valence-corrected chi connectivity index (χ0v) is 12.4. The van der Waals surface area contributed by atoms with Crippen molar-refractivity contribution in [2.24, 2.45) is 5.92 Å². The number of fused-ring (bicyclic) bond motifs is 1. The Morgan fingerprint density at radius 1 is 1.48 bits per heavy atom. The SMILES string of the molecule is CC(C)CNC(=O)C(C)n1c(N)nc2ccc(C#N)cc21. The Bertz CT molecular complexity index is 711. The molecule has 21 heavy (non-hydrogen) atoms. The lowest BCUT2D eigenvalue weighted by Crippen LogP contribution is -2.33. The van der Waals surface area contributed by atoms with Crippen LogP contribution in [0.5, 0.6) is 0 Å². The van der Waals surface area contributed by atoms with Gasteiger partial charge in [-0.3, -0.25) is 9.36 Å². The Morgan fingerprint density at radius 3 is 2.81 bits per heavy atom. The second-order valence-electron chi connectivity index (χ2n) is 5.47. The molecule has 1 amide bonds. The molecule has 0 bridgehead atoms. The van der Waals surface area contributed by atoms with Crippen LogP contribution in [-0.2, 0) is 4.79 Å². The number of hydrogen-bond acceptors (Lipinski definition) is 4. The highest BCUT2D eigenvalue weighted by Crippen LogP contribution is 2.23. The number of nitrogens with one attached hydrogen (secondary N) is 1. The van der Waals surface area contributed by atoms with Gasteiger partial charge in [-0.25, -0.2) is 4.98 Å². The third kappa shape index (κ3) is 2.97. The predicted molar refractivity (Wildman–Crippen MR) is 81.4 cm³/mol. The van der Waals surface area contributed by atoms with Crippen molar-refractivity contribution in [1.29, 1.82) is 5.26 Å². The summed E-state index contributed by atoms with van der Waals surface area (Å²) < 4.78 is 1.66. The number of rotatable bonds is 4. The van der Waals surface area contributed by atoms with Gasteiger partial charge < -0.3 is 11.1 Å². The van der Waals surface area contributed by atoms with E-state index in [4.69, 9.17) is 11.0 Å². The number of nitriles is 1. The molecular formula is C15H19N5O. The standard InChI is InChI=1S/C15H19N5O/c1-9(2)8-18-14(21)10(3)20-13-6-11(7-16)4-5-12(13)19-15(20)17/h4-6,9-10H,8H2,1-3H3,(H2,17,19)(H,18,21). The van der Waals surface area contributed by atoms with Crippen LogP contribution in [0.1, 0.15) is 32.4 Å². The summed E-state index contributed by atoms with van der Waals surface area (Å²) >= 11 is 0. The number of anilines is 1. The maximum Gasteiger partial charge on any atom is 0.242 e. The largest absolute Gasteiger partial charge is 0.369 e. The first-order valence-corrected chi connectivity index (χ1v) is 6.89. The van der Waals surface area contributed by atoms with Crippen molar-refractivity contribution in [3.05, 3.63) is 23.8 Å². The highest BCUT2D eigenvalue weighted by molar-refractivity contribution is 5.86. The lowest BCUT2D eigenvalue weighted by atomic mass is 10.2. The Kier molecular flexibility index (Phi) is 4.13. The molecule has 6 heteroatoms. The number of nitrogens with two attached hydrogens (primary N) is 1. The maximum atomic E-state index is 12.2. The van der Waals surface area contributed by atoms with Gasteiger partial charge in [-0.15, -0.1) is 0 Å². The van der Waals surface area contributed by atoms with Crippen LogP contribution >= 0.6 is 0 Å². The molecule has 1 aromatic heterocycles. The Balaban J connectivity index is 2.38. The predicted octanol–water partition coefficient (Wildman–Crippen LogP) is 1.82. The van der Waals surface area contributed by atoms with E-state index in [9.17, 15) is 4.79 Å². The second kappa shape index (κ2) is 5.83. The minimum Gasteiger partial charge on any atom is -0.369 e. The van der Waals surface area contributed by atoms with Crippen LogP contribution in [0.4, 0.5) is 5.95 Å². The topological polar surface area (TPSA) is 96.7 Å². The number of nitrogen functional groups attached to an aromatic ring is 1. The van der Waals surface area contributed by atoms with Crippen molar-refractivity contribution in [1.82, 2.24) is 14.9 Å². The number of carbonyl (C=O) groups is 1. The Morgan fingerprint density at radius 2 is 2.19 bits per heavy atom. The van der Waals surface area contributed by atoms with E-state index in [-0.39, 0.29) is 11.9 Å². The molecule has 1 aromatic carbocycles. The molecule has 0 aliphatic rings. The molecule has 1 atom stereocenters. The fraction of sp³-hybridized carbons (Fsp3) is 0.400. The molecule has 110 valence electrons. The van der Waals surface area contributed by atoms with Gasteiger partial charge in [0.1, 0.15) is 6.04 Å². The van der Waals surface area contributed by atoms with Crippen molar-refractivity contribution < 1.29 is 4.79 Å². The lowest BCUT2D eigenvalue weighted by Gasteiger charge is -2.17. The third-order valence-corrected chi connectivity index (χ3v) is 3.30. The number of amides is 1. The smallest absolute Gasteiger partial charge is 0.242 e. The van der Waals surface area contributed by atoms with Crippen LogP contribution in [0.25, 0.3) is 11.0 Å². The van der Waals surface area contributed by atoms with E-state index in [1.54, 1.807) is 29.7 Å². The van der Waals surface area contributed by atoms with Gasteiger partial charge in [0, 0.05) is 6.54 Å².